The molecule has 0 aliphatic heterocycles. The Balaban J connectivity index is 1.45. The van der Waals surface area contributed by atoms with E-state index in [9.17, 15) is 0 Å². The molecule has 33 heavy (non-hydrogen) atoms. The van der Waals surface area contributed by atoms with Crippen LogP contribution in [0.15, 0.2) is 103 Å². The minimum Gasteiger partial charge on any atom is -0.344 e. The zero-order valence-corrected chi connectivity index (χ0v) is 20.2. The smallest absolute Gasteiger partial charge is 0.0453 e. The lowest BCUT2D eigenvalue weighted by Gasteiger charge is -2.25. The first-order chi connectivity index (χ1) is 16.1. The largest absolute Gasteiger partial charge is 0.344 e. The van der Waals surface area contributed by atoms with Crippen LogP contribution in [-0.4, -0.2) is 19.0 Å². The summed E-state index contributed by atoms with van der Waals surface area (Å²) in [6, 6.07) is 36.2. The second-order valence-electron chi connectivity index (χ2n) is 8.59. The molecule has 0 aliphatic rings. The Morgan fingerprint density at radius 1 is 0.576 bits per heavy atom. The summed E-state index contributed by atoms with van der Waals surface area (Å²) in [5.41, 5.74) is 7.88. The molecule has 168 valence electrons. The lowest BCUT2D eigenvalue weighted by atomic mass is 9.99. The van der Waals surface area contributed by atoms with Gasteiger partial charge in [0.25, 0.3) is 0 Å². The molecule has 0 aromatic heterocycles. The summed E-state index contributed by atoms with van der Waals surface area (Å²) in [5, 5.41) is 0.791. The Labute approximate surface area is 203 Å². The first kappa shape index (κ1) is 23.1. The molecule has 2 nitrogen and oxygen atoms in total. The third kappa shape index (κ3) is 6.25. The van der Waals surface area contributed by atoms with Crippen LogP contribution in [0.3, 0.4) is 0 Å². The molecule has 4 aromatic carbocycles. The van der Waals surface area contributed by atoms with Gasteiger partial charge in [0.1, 0.15) is 0 Å². The fourth-order valence-corrected chi connectivity index (χ4v) is 4.41. The van der Waals surface area contributed by atoms with Crippen LogP contribution in [-0.2, 0) is 25.9 Å². The Bertz CT molecular complexity index is 1160. The van der Waals surface area contributed by atoms with E-state index in [4.69, 9.17) is 11.6 Å². The number of halogens is 1. The van der Waals surface area contributed by atoms with Gasteiger partial charge in [0.05, 0.1) is 0 Å². The highest BCUT2D eigenvalue weighted by Crippen LogP contribution is 2.28. The molecule has 0 fully saturated rings. The van der Waals surface area contributed by atoms with Gasteiger partial charge in [0, 0.05) is 36.5 Å². The van der Waals surface area contributed by atoms with Crippen LogP contribution in [0.5, 0.6) is 0 Å². The van der Waals surface area contributed by atoms with Crippen LogP contribution in [0, 0.1) is 0 Å². The van der Waals surface area contributed by atoms with Crippen molar-refractivity contribution in [2.24, 2.45) is 0 Å². The molecule has 0 amide bonds. The first-order valence-corrected chi connectivity index (χ1v) is 11.8. The first-order valence-electron chi connectivity index (χ1n) is 11.5. The Morgan fingerprint density at radius 2 is 1.15 bits per heavy atom. The molecule has 0 atom stereocenters. The molecule has 0 aliphatic carbocycles. The van der Waals surface area contributed by atoms with Crippen molar-refractivity contribution in [3.8, 4) is 0 Å². The van der Waals surface area contributed by atoms with Crippen molar-refractivity contribution in [3.63, 3.8) is 0 Å². The summed E-state index contributed by atoms with van der Waals surface area (Å²) in [4.78, 5) is 4.67. The summed E-state index contributed by atoms with van der Waals surface area (Å²) in [5.74, 6) is 0. The van der Waals surface area contributed by atoms with E-state index in [1.165, 1.54) is 33.6 Å². The van der Waals surface area contributed by atoms with Gasteiger partial charge in [-0.3, -0.25) is 4.90 Å². The molecular formula is C30H31ClN2. The van der Waals surface area contributed by atoms with Crippen molar-refractivity contribution in [1.29, 1.82) is 0 Å². The second-order valence-corrected chi connectivity index (χ2v) is 9.03. The van der Waals surface area contributed by atoms with Crippen molar-refractivity contribution in [2.75, 3.05) is 19.0 Å². The Morgan fingerprint density at radius 3 is 1.88 bits per heavy atom. The summed E-state index contributed by atoms with van der Waals surface area (Å²) in [6.07, 6.45) is 2.04. The van der Waals surface area contributed by atoms with Crippen LogP contribution in [0.4, 0.5) is 11.4 Å². The number of rotatable bonds is 9. The van der Waals surface area contributed by atoms with Crippen molar-refractivity contribution in [3.05, 3.63) is 130 Å². The van der Waals surface area contributed by atoms with Gasteiger partial charge in [-0.2, -0.15) is 0 Å². The molecule has 4 aromatic rings. The van der Waals surface area contributed by atoms with E-state index in [0.29, 0.717) is 0 Å². The monoisotopic (exact) mass is 454 g/mol. The van der Waals surface area contributed by atoms with Crippen LogP contribution in [0.25, 0.3) is 0 Å². The minimum atomic E-state index is 0.791. The highest BCUT2D eigenvalue weighted by molar-refractivity contribution is 6.30. The van der Waals surface area contributed by atoms with E-state index in [2.05, 4.69) is 115 Å². The highest BCUT2D eigenvalue weighted by atomic mass is 35.5. The number of anilines is 2. The third-order valence-electron chi connectivity index (χ3n) is 6.09. The van der Waals surface area contributed by atoms with Crippen molar-refractivity contribution < 1.29 is 0 Å². The maximum Gasteiger partial charge on any atom is 0.0453 e. The third-order valence-corrected chi connectivity index (χ3v) is 6.34. The lowest BCUT2D eigenvalue weighted by Crippen LogP contribution is -2.20. The number of nitrogens with zero attached hydrogens (tertiary/aromatic N) is 2. The van der Waals surface area contributed by atoms with E-state index in [1.54, 1.807) is 0 Å². The Hall–Kier alpha value is -3.07. The fraction of sp³-hybridized carbons (Fsp3) is 0.200. The zero-order valence-electron chi connectivity index (χ0n) is 19.4. The van der Waals surface area contributed by atoms with E-state index in [0.717, 1.165) is 31.0 Å². The average Bonchev–Trinajstić information content (AvgIpc) is 2.85. The van der Waals surface area contributed by atoms with E-state index in [-0.39, 0.29) is 0 Å². The molecule has 0 N–H and O–H groups in total. The maximum atomic E-state index is 6.03. The molecule has 0 unspecified atom stereocenters. The number of hydrogen-bond acceptors (Lipinski definition) is 2. The number of hydrogen-bond donors (Lipinski definition) is 0. The predicted octanol–water partition coefficient (Wildman–Crippen LogP) is 7.53. The molecule has 0 saturated heterocycles. The van der Waals surface area contributed by atoms with Crippen LogP contribution in [0.1, 0.15) is 22.3 Å². The van der Waals surface area contributed by atoms with Crippen LogP contribution < -0.4 is 4.90 Å². The van der Waals surface area contributed by atoms with Gasteiger partial charge in [-0.15, -0.1) is 0 Å². The summed E-state index contributed by atoms with van der Waals surface area (Å²) >= 11 is 6.03. The summed E-state index contributed by atoms with van der Waals surface area (Å²) in [7, 11) is 4.34. The van der Waals surface area contributed by atoms with Gasteiger partial charge in [0.15, 0.2) is 0 Å². The minimum absolute atomic E-state index is 0.791. The van der Waals surface area contributed by atoms with Crippen LogP contribution in [0.2, 0.25) is 5.02 Å². The van der Waals surface area contributed by atoms with E-state index >= 15 is 0 Å². The van der Waals surface area contributed by atoms with Crippen molar-refractivity contribution in [2.45, 2.75) is 25.9 Å². The zero-order chi connectivity index (χ0) is 23.0. The maximum absolute atomic E-state index is 6.03. The van der Waals surface area contributed by atoms with E-state index < -0.39 is 0 Å². The average molecular weight is 455 g/mol. The standard InChI is InChI=1S/C30H31ClN2/c1-32(23-27-12-8-9-15-30(27)33(2)29-13-4-3-5-14-29)22-26-11-7-6-10-25(26)19-16-24-17-20-28(31)21-18-24/h3-15,17-18,20-21H,16,19,22-23H2,1-2H3. The van der Waals surface area contributed by atoms with E-state index in [1.807, 2.05) is 12.1 Å². The summed E-state index contributed by atoms with van der Waals surface area (Å²) < 4.78 is 0. The SMILES string of the molecule is CN(Cc1ccccc1CCc1ccc(Cl)cc1)Cc1ccccc1N(C)c1ccccc1. The topological polar surface area (TPSA) is 6.48 Å². The van der Waals surface area contributed by atoms with Gasteiger partial charge >= 0.3 is 0 Å². The molecule has 0 radical (unpaired) electrons. The quantitative estimate of drug-likeness (QED) is 0.258. The van der Waals surface area contributed by atoms with Gasteiger partial charge in [-0.05, 0) is 72.5 Å². The molecule has 0 heterocycles. The molecule has 0 spiro atoms. The van der Waals surface area contributed by atoms with Gasteiger partial charge in [0.2, 0.25) is 0 Å². The molecule has 0 saturated carbocycles. The number of para-hydroxylation sites is 2. The molecular weight excluding hydrogens is 424 g/mol. The lowest BCUT2D eigenvalue weighted by molar-refractivity contribution is 0.318. The van der Waals surface area contributed by atoms with Gasteiger partial charge in [-0.1, -0.05) is 84.4 Å². The van der Waals surface area contributed by atoms with Crippen molar-refractivity contribution in [1.82, 2.24) is 4.90 Å². The van der Waals surface area contributed by atoms with Crippen molar-refractivity contribution >= 4 is 23.0 Å². The van der Waals surface area contributed by atoms with Crippen LogP contribution >= 0.6 is 11.6 Å². The molecule has 4 rings (SSSR count). The molecule has 3 heteroatoms. The summed E-state index contributed by atoms with van der Waals surface area (Å²) in [6.45, 7) is 1.80. The fourth-order valence-electron chi connectivity index (χ4n) is 4.29. The van der Waals surface area contributed by atoms with Gasteiger partial charge < -0.3 is 4.90 Å². The normalized spacial score (nSPS) is 11.0. The second kappa shape index (κ2) is 11.2. The van der Waals surface area contributed by atoms with Gasteiger partial charge in [-0.25, -0.2) is 0 Å². The predicted molar refractivity (Wildman–Crippen MR) is 141 cm³/mol. The molecule has 0 bridgehead atoms. The Kier molecular flexibility index (Phi) is 7.83. The highest BCUT2D eigenvalue weighted by Gasteiger charge is 2.12. The number of aryl methyl sites for hydroxylation is 2. The number of benzene rings is 4.